The Balaban J connectivity index is 1.73. The molecule has 0 fully saturated rings. The first-order valence-corrected chi connectivity index (χ1v) is 8.81. The first kappa shape index (κ1) is 18.5. The molecular weight excluding hydrogens is 377 g/mol. The molecule has 0 aliphatic rings. The molecule has 29 heavy (non-hydrogen) atoms. The Kier molecular flexibility index (Phi) is 4.42. The Morgan fingerprint density at radius 1 is 1.24 bits per heavy atom. The number of benzene rings is 1. The third-order valence-corrected chi connectivity index (χ3v) is 4.82. The first-order valence-electron chi connectivity index (χ1n) is 8.81. The number of nitrogens with zero attached hydrogens (tertiary/aromatic N) is 3. The van der Waals surface area contributed by atoms with Gasteiger partial charge in [0.15, 0.2) is 11.3 Å². The molecule has 3 N–H and O–H groups in total. The lowest BCUT2D eigenvalue weighted by Gasteiger charge is -2.11. The molecule has 0 unspecified atom stereocenters. The van der Waals surface area contributed by atoms with Crippen LogP contribution in [0.3, 0.4) is 0 Å². The number of hydrogen-bond acceptors (Lipinski definition) is 4. The number of halogens is 1. The Hall–Kier alpha value is -3.88. The van der Waals surface area contributed by atoms with Crippen LogP contribution in [0.5, 0.6) is 0 Å². The summed E-state index contributed by atoms with van der Waals surface area (Å²) in [5.74, 6) is -1.52. The number of carbonyl (C=O) groups is 2. The van der Waals surface area contributed by atoms with Gasteiger partial charge in [-0.05, 0) is 24.6 Å². The average molecular weight is 395 g/mol. The highest BCUT2D eigenvalue weighted by Crippen LogP contribution is 2.25. The fourth-order valence-electron chi connectivity index (χ4n) is 3.22. The number of carbonyl (C=O) groups excluding carboxylic acids is 2. The summed E-state index contributed by atoms with van der Waals surface area (Å²) in [5, 5.41) is 6.79. The standard InChI is InChI=1S/C20H18FN5O3/c1-11-17(18(19(22)27)24-25(11)2)23-20(28)15-9-16-14(7-8-29-16)26(15)10-12-3-5-13(21)6-4-12/h3-9H,10H2,1-2H3,(H2,22,27)(H,23,28). The number of hydrogen-bond donors (Lipinski definition) is 2. The predicted octanol–water partition coefficient (Wildman–Crippen LogP) is 2.81. The normalized spacial score (nSPS) is 11.1. The molecule has 4 aromatic rings. The molecule has 8 nitrogen and oxygen atoms in total. The lowest BCUT2D eigenvalue weighted by Crippen LogP contribution is -2.21. The van der Waals surface area contributed by atoms with Crippen molar-refractivity contribution in [2.24, 2.45) is 12.8 Å². The number of amides is 2. The van der Waals surface area contributed by atoms with Gasteiger partial charge in [-0.3, -0.25) is 14.3 Å². The van der Waals surface area contributed by atoms with Gasteiger partial charge in [-0.1, -0.05) is 12.1 Å². The van der Waals surface area contributed by atoms with Gasteiger partial charge in [0.2, 0.25) is 0 Å². The van der Waals surface area contributed by atoms with Gasteiger partial charge in [0.1, 0.15) is 11.5 Å². The second kappa shape index (κ2) is 6.93. The number of nitrogens with two attached hydrogens (primary N) is 1. The number of rotatable bonds is 5. The molecule has 2 amide bonds. The third kappa shape index (κ3) is 3.27. The molecule has 3 aromatic heterocycles. The molecule has 9 heteroatoms. The van der Waals surface area contributed by atoms with E-state index in [1.165, 1.54) is 23.1 Å². The van der Waals surface area contributed by atoms with Crippen LogP contribution in [-0.4, -0.2) is 26.2 Å². The quantitative estimate of drug-likeness (QED) is 0.542. The van der Waals surface area contributed by atoms with Crippen LogP contribution in [0.2, 0.25) is 0 Å². The fourth-order valence-corrected chi connectivity index (χ4v) is 3.22. The second-order valence-corrected chi connectivity index (χ2v) is 6.66. The maximum Gasteiger partial charge on any atom is 0.272 e. The SMILES string of the molecule is Cc1c(NC(=O)c2cc3occc3n2Cc2ccc(F)cc2)c(C(N)=O)nn1C. The first-order chi connectivity index (χ1) is 13.8. The maximum absolute atomic E-state index is 13.2. The zero-order chi connectivity index (χ0) is 20.7. The van der Waals surface area contributed by atoms with E-state index in [9.17, 15) is 14.0 Å². The van der Waals surface area contributed by atoms with Crippen LogP contribution in [0.25, 0.3) is 11.1 Å². The number of primary amides is 1. The van der Waals surface area contributed by atoms with E-state index in [0.717, 1.165) is 11.1 Å². The van der Waals surface area contributed by atoms with Crippen LogP contribution in [0.15, 0.2) is 47.1 Å². The highest BCUT2D eigenvalue weighted by molar-refractivity contribution is 6.09. The minimum atomic E-state index is -0.737. The van der Waals surface area contributed by atoms with Gasteiger partial charge in [-0.2, -0.15) is 5.10 Å². The molecule has 0 aliphatic carbocycles. The Bertz CT molecular complexity index is 1230. The van der Waals surface area contributed by atoms with Crippen molar-refractivity contribution in [3.05, 3.63) is 71.1 Å². The zero-order valence-electron chi connectivity index (χ0n) is 15.8. The van der Waals surface area contributed by atoms with Gasteiger partial charge in [0.05, 0.1) is 23.2 Å². The number of furan rings is 1. The zero-order valence-corrected chi connectivity index (χ0v) is 15.8. The van der Waals surface area contributed by atoms with Crippen LogP contribution in [0.1, 0.15) is 32.2 Å². The molecule has 0 atom stereocenters. The highest BCUT2D eigenvalue weighted by atomic mass is 19.1. The monoisotopic (exact) mass is 395 g/mol. The number of nitrogens with one attached hydrogen (secondary N) is 1. The largest absolute Gasteiger partial charge is 0.463 e. The molecule has 0 aliphatic heterocycles. The molecule has 0 bridgehead atoms. The summed E-state index contributed by atoms with van der Waals surface area (Å²) in [4.78, 5) is 24.7. The van der Waals surface area contributed by atoms with E-state index in [0.29, 0.717) is 23.5 Å². The maximum atomic E-state index is 13.2. The molecule has 1 aromatic carbocycles. The summed E-state index contributed by atoms with van der Waals surface area (Å²) in [6.45, 7) is 2.05. The van der Waals surface area contributed by atoms with Gasteiger partial charge in [-0.25, -0.2) is 4.39 Å². The molecular formula is C20H18FN5O3. The molecule has 0 saturated heterocycles. The average Bonchev–Trinajstić information content (AvgIpc) is 3.34. The highest BCUT2D eigenvalue weighted by Gasteiger charge is 2.23. The van der Waals surface area contributed by atoms with Crippen molar-refractivity contribution in [1.29, 1.82) is 0 Å². The molecule has 0 radical (unpaired) electrons. The number of anilines is 1. The van der Waals surface area contributed by atoms with Crippen molar-refractivity contribution in [3.8, 4) is 0 Å². The van der Waals surface area contributed by atoms with E-state index in [4.69, 9.17) is 10.2 Å². The van der Waals surface area contributed by atoms with Crippen LogP contribution in [0.4, 0.5) is 10.1 Å². The topological polar surface area (TPSA) is 108 Å². The lowest BCUT2D eigenvalue weighted by molar-refractivity contribution is 0.0995. The predicted molar refractivity (Wildman–Crippen MR) is 104 cm³/mol. The van der Waals surface area contributed by atoms with Crippen molar-refractivity contribution in [2.75, 3.05) is 5.32 Å². The molecule has 0 saturated carbocycles. The van der Waals surface area contributed by atoms with Crippen molar-refractivity contribution in [3.63, 3.8) is 0 Å². The minimum absolute atomic E-state index is 0.0151. The Morgan fingerprint density at radius 2 is 1.97 bits per heavy atom. The van der Waals surface area contributed by atoms with Crippen LogP contribution in [0, 0.1) is 12.7 Å². The van der Waals surface area contributed by atoms with Crippen molar-refractivity contribution >= 4 is 28.6 Å². The number of aryl methyl sites for hydroxylation is 1. The van der Waals surface area contributed by atoms with E-state index in [-0.39, 0.29) is 17.2 Å². The summed E-state index contributed by atoms with van der Waals surface area (Å²) >= 11 is 0. The van der Waals surface area contributed by atoms with Crippen molar-refractivity contribution in [2.45, 2.75) is 13.5 Å². The van der Waals surface area contributed by atoms with Gasteiger partial charge >= 0.3 is 0 Å². The van der Waals surface area contributed by atoms with Crippen LogP contribution >= 0.6 is 0 Å². The van der Waals surface area contributed by atoms with Gasteiger partial charge in [0.25, 0.3) is 11.8 Å². The van der Waals surface area contributed by atoms with Gasteiger partial charge in [-0.15, -0.1) is 0 Å². The summed E-state index contributed by atoms with van der Waals surface area (Å²) < 4.78 is 21.9. The van der Waals surface area contributed by atoms with Crippen LogP contribution in [-0.2, 0) is 13.6 Å². The van der Waals surface area contributed by atoms with E-state index < -0.39 is 11.8 Å². The Labute approximate surface area is 164 Å². The van der Waals surface area contributed by atoms with Crippen molar-refractivity contribution in [1.82, 2.24) is 14.3 Å². The van der Waals surface area contributed by atoms with E-state index in [1.54, 1.807) is 42.8 Å². The van der Waals surface area contributed by atoms with Gasteiger partial charge in [0, 0.05) is 25.7 Å². The fraction of sp³-hybridized carbons (Fsp3) is 0.150. The molecule has 3 heterocycles. The van der Waals surface area contributed by atoms with E-state index in [2.05, 4.69) is 10.4 Å². The summed E-state index contributed by atoms with van der Waals surface area (Å²) in [6.07, 6.45) is 1.53. The van der Waals surface area contributed by atoms with Crippen LogP contribution < -0.4 is 11.1 Å². The van der Waals surface area contributed by atoms with E-state index >= 15 is 0 Å². The number of fused-ring (bicyclic) bond motifs is 1. The molecule has 4 rings (SSSR count). The van der Waals surface area contributed by atoms with Gasteiger partial charge < -0.3 is 20.0 Å². The van der Waals surface area contributed by atoms with E-state index in [1.807, 2.05) is 0 Å². The molecule has 0 spiro atoms. The van der Waals surface area contributed by atoms with Crippen molar-refractivity contribution < 1.29 is 18.4 Å². The smallest absolute Gasteiger partial charge is 0.272 e. The second-order valence-electron chi connectivity index (χ2n) is 6.66. The minimum Gasteiger partial charge on any atom is -0.463 e. The summed E-state index contributed by atoms with van der Waals surface area (Å²) in [6, 6.07) is 9.40. The summed E-state index contributed by atoms with van der Waals surface area (Å²) in [5.41, 5.74) is 8.61. The molecule has 148 valence electrons. The third-order valence-electron chi connectivity index (χ3n) is 4.82. The summed E-state index contributed by atoms with van der Waals surface area (Å²) in [7, 11) is 1.65. The lowest BCUT2D eigenvalue weighted by atomic mass is 10.2. The number of aromatic nitrogens is 3. The Morgan fingerprint density at radius 3 is 2.66 bits per heavy atom.